The molecule has 2 rings (SSSR count). The Hall–Kier alpha value is -1.84. The average molecular weight is 261 g/mol. The Bertz CT molecular complexity index is 522. The number of carbonyl (C=O) groups excluding carboxylic acids is 1. The third kappa shape index (κ3) is 2.95. The van der Waals surface area contributed by atoms with Crippen LogP contribution in [0.2, 0.25) is 0 Å². The summed E-state index contributed by atoms with van der Waals surface area (Å²) in [5.74, 6) is -1.93. The second-order valence-electron chi connectivity index (χ2n) is 5.77. The number of aryl methyl sites for hydroxylation is 1. The third-order valence-electron chi connectivity index (χ3n) is 3.62. The second-order valence-corrected chi connectivity index (χ2v) is 5.77. The molecular weight excluding hydrogens is 242 g/mol. The molecule has 4 heteroatoms. The van der Waals surface area contributed by atoms with Gasteiger partial charge in [-0.05, 0) is 32.8 Å². The molecule has 0 radical (unpaired) electrons. The van der Waals surface area contributed by atoms with Gasteiger partial charge in [-0.3, -0.25) is 9.59 Å². The van der Waals surface area contributed by atoms with Crippen LogP contribution in [0.4, 0.5) is 0 Å². The van der Waals surface area contributed by atoms with Crippen molar-refractivity contribution >= 4 is 11.9 Å². The molecule has 1 aromatic carbocycles. The van der Waals surface area contributed by atoms with E-state index in [1.165, 1.54) is 0 Å². The Labute approximate surface area is 112 Å². The van der Waals surface area contributed by atoms with Crippen LogP contribution in [0.1, 0.15) is 31.4 Å². The number of hydrogen-bond acceptors (Lipinski definition) is 2. The summed E-state index contributed by atoms with van der Waals surface area (Å²) in [5.41, 5.74) is 1.66. The van der Waals surface area contributed by atoms with Gasteiger partial charge in [0.25, 0.3) is 0 Å². The molecule has 1 fully saturated rings. The summed E-state index contributed by atoms with van der Waals surface area (Å²) in [6, 6.07) is 7.95. The normalized spacial score (nSPS) is 21.8. The van der Waals surface area contributed by atoms with Crippen LogP contribution in [0.25, 0.3) is 0 Å². The first-order valence-electron chi connectivity index (χ1n) is 6.43. The SMILES string of the molecule is Cc1cccc(C(C)(C)NC(=O)C2CC2C(=O)O)c1. The predicted molar refractivity (Wildman–Crippen MR) is 71.6 cm³/mol. The maximum Gasteiger partial charge on any atom is 0.307 e. The van der Waals surface area contributed by atoms with Crippen molar-refractivity contribution in [3.63, 3.8) is 0 Å². The molecule has 1 aliphatic carbocycles. The van der Waals surface area contributed by atoms with Crippen LogP contribution in [0.15, 0.2) is 24.3 Å². The van der Waals surface area contributed by atoms with Crippen LogP contribution >= 0.6 is 0 Å². The van der Waals surface area contributed by atoms with E-state index in [0.717, 1.165) is 11.1 Å². The van der Waals surface area contributed by atoms with Gasteiger partial charge in [0.1, 0.15) is 0 Å². The van der Waals surface area contributed by atoms with Gasteiger partial charge in [0, 0.05) is 0 Å². The molecule has 1 aliphatic rings. The van der Waals surface area contributed by atoms with Gasteiger partial charge in [0.2, 0.25) is 5.91 Å². The highest BCUT2D eigenvalue weighted by Gasteiger charge is 2.49. The molecule has 0 bridgehead atoms. The zero-order chi connectivity index (χ0) is 14.2. The van der Waals surface area contributed by atoms with Crippen molar-refractivity contribution < 1.29 is 14.7 Å². The first kappa shape index (κ1) is 13.6. The van der Waals surface area contributed by atoms with Gasteiger partial charge < -0.3 is 10.4 Å². The minimum Gasteiger partial charge on any atom is -0.481 e. The fourth-order valence-corrected chi connectivity index (χ4v) is 2.26. The topological polar surface area (TPSA) is 66.4 Å². The monoisotopic (exact) mass is 261 g/mol. The van der Waals surface area contributed by atoms with E-state index in [1.807, 2.05) is 45.0 Å². The van der Waals surface area contributed by atoms with Crippen LogP contribution < -0.4 is 5.32 Å². The van der Waals surface area contributed by atoms with Gasteiger partial charge in [0.05, 0.1) is 17.4 Å². The lowest BCUT2D eigenvalue weighted by Crippen LogP contribution is -2.42. The highest BCUT2D eigenvalue weighted by molar-refractivity contribution is 5.89. The summed E-state index contributed by atoms with van der Waals surface area (Å²) >= 11 is 0. The second kappa shape index (κ2) is 4.68. The minimum atomic E-state index is -0.881. The number of aliphatic carboxylic acids is 1. The van der Waals surface area contributed by atoms with Crippen LogP contribution in [0, 0.1) is 18.8 Å². The number of rotatable bonds is 4. The van der Waals surface area contributed by atoms with E-state index in [-0.39, 0.29) is 11.8 Å². The first-order valence-corrected chi connectivity index (χ1v) is 6.43. The van der Waals surface area contributed by atoms with Crippen molar-refractivity contribution in [2.75, 3.05) is 0 Å². The molecule has 102 valence electrons. The summed E-state index contributed by atoms with van der Waals surface area (Å²) in [7, 11) is 0. The smallest absolute Gasteiger partial charge is 0.307 e. The van der Waals surface area contributed by atoms with E-state index in [4.69, 9.17) is 5.11 Å². The number of carboxylic acid groups (broad SMARTS) is 1. The maximum atomic E-state index is 12.0. The quantitative estimate of drug-likeness (QED) is 0.872. The molecule has 0 heterocycles. The molecule has 2 N–H and O–H groups in total. The summed E-state index contributed by atoms with van der Waals surface area (Å²) in [6.45, 7) is 5.86. The lowest BCUT2D eigenvalue weighted by Gasteiger charge is -2.27. The van der Waals surface area contributed by atoms with Gasteiger partial charge >= 0.3 is 5.97 Å². The number of amides is 1. The molecule has 0 aliphatic heterocycles. The van der Waals surface area contributed by atoms with E-state index in [9.17, 15) is 9.59 Å². The number of carbonyl (C=O) groups is 2. The summed E-state index contributed by atoms with van der Waals surface area (Å²) in [6.07, 6.45) is 0.449. The van der Waals surface area contributed by atoms with Crippen LogP contribution in [-0.4, -0.2) is 17.0 Å². The van der Waals surface area contributed by atoms with E-state index < -0.39 is 17.4 Å². The lowest BCUT2D eigenvalue weighted by molar-refractivity contribution is -0.140. The molecule has 2 unspecified atom stereocenters. The molecule has 0 saturated heterocycles. The molecule has 1 aromatic rings. The standard InChI is InChI=1S/C15H19NO3/c1-9-5-4-6-10(7-9)15(2,3)16-13(17)11-8-12(11)14(18)19/h4-7,11-12H,8H2,1-3H3,(H,16,17)(H,18,19). The number of benzene rings is 1. The number of hydrogen-bond donors (Lipinski definition) is 2. The zero-order valence-corrected chi connectivity index (χ0v) is 11.4. The fourth-order valence-electron chi connectivity index (χ4n) is 2.26. The molecule has 4 nitrogen and oxygen atoms in total. The highest BCUT2D eigenvalue weighted by atomic mass is 16.4. The van der Waals surface area contributed by atoms with Crippen LogP contribution in [-0.2, 0) is 15.1 Å². The molecular formula is C15H19NO3. The van der Waals surface area contributed by atoms with Gasteiger partial charge in [-0.2, -0.15) is 0 Å². The fraction of sp³-hybridized carbons (Fsp3) is 0.467. The largest absolute Gasteiger partial charge is 0.481 e. The van der Waals surface area contributed by atoms with Crippen molar-refractivity contribution in [3.8, 4) is 0 Å². The van der Waals surface area contributed by atoms with Crippen LogP contribution in [0.5, 0.6) is 0 Å². The Morgan fingerprint density at radius 3 is 2.53 bits per heavy atom. The van der Waals surface area contributed by atoms with Crippen molar-refractivity contribution in [1.29, 1.82) is 0 Å². The Morgan fingerprint density at radius 1 is 1.32 bits per heavy atom. The molecule has 2 atom stereocenters. The zero-order valence-electron chi connectivity index (χ0n) is 11.4. The van der Waals surface area contributed by atoms with E-state index in [0.29, 0.717) is 6.42 Å². The summed E-state index contributed by atoms with van der Waals surface area (Å²) in [5, 5.41) is 11.8. The summed E-state index contributed by atoms with van der Waals surface area (Å²) < 4.78 is 0. The third-order valence-corrected chi connectivity index (χ3v) is 3.62. The van der Waals surface area contributed by atoms with E-state index in [1.54, 1.807) is 0 Å². The minimum absolute atomic E-state index is 0.168. The Kier molecular flexibility index (Phi) is 3.35. The predicted octanol–water partition coefficient (Wildman–Crippen LogP) is 2.07. The van der Waals surface area contributed by atoms with Crippen molar-refractivity contribution in [1.82, 2.24) is 5.32 Å². The molecule has 19 heavy (non-hydrogen) atoms. The molecule has 0 aromatic heterocycles. The van der Waals surface area contributed by atoms with E-state index >= 15 is 0 Å². The van der Waals surface area contributed by atoms with E-state index in [2.05, 4.69) is 5.32 Å². The average Bonchev–Trinajstić information content (AvgIpc) is 3.08. The van der Waals surface area contributed by atoms with Gasteiger partial charge in [-0.15, -0.1) is 0 Å². The lowest BCUT2D eigenvalue weighted by atomic mass is 9.92. The van der Waals surface area contributed by atoms with Crippen LogP contribution in [0.3, 0.4) is 0 Å². The molecule has 1 saturated carbocycles. The summed E-state index contributed by atoms with van der Waals surface area (Å²) in [4.78, 5) is 22.8. The molecule has 0 spiro atoms. The Balaban J connectivity index is 2.06. The van der Waals surface area contributed by atoms with Crippen molar-refractivity contribution in [2.24, 2.45) is 11.8 Å². The highest BCUT2D eigenvalue weighted by Crippen LogP contribution is 2.39. The van der Waals surface area contributed by atoms with Crippen molar-refractivity contribution in [2.45, 2.75) is 32.7 Å². The van der Waals surface area contributed by atoms with Gasteiger partial charge in [-0.25, -0.2) is 0 Å². The number of nitrogens with one attached hydrogen (secondary N) is 1. The van der Waals surface area contributed by atoms with Gasteiger partial charge in [-0.1, -0.05) is 29.8 Å². The van der Waals surface area contributed by atoms with Gasteiger partial charge in [0.15, 0.2) is 0 Å². The Morgan fingerprint density at radius 2 is 2.00 bits per heavy atom. The maximum absolute atomic E-state index is 12.0. The molecule has 1 amide bonds. The number of carboxylic acids is 1. The van der Waals surface area contributed by atoms with Crippen molar-refractivity contribution in [3.05, 3.63) is 35.4 Å². The first-order chi connectivity index (χ1) is 8.81.